The predicted molar refractivity (Wildman–Crippen MR) is 328 cm³/mol. The van der Waals surface area contributed by atoms with Crippen LogP contribution in [0.3, 0.4) is 0 Å². The first-order valence-corrected chi connectivity index (χ1v) is 30.1. The van der Waals surface area contributed by atoms with Crippen LogP contribution in [-0.4, -0.2) is 176 Å². The number of likely N-dealkylation sites (N-methyl/N-ethyl adjacent to an activating group) is 1. The molecule has 486 valence electrons. The number of fused-ring (bicyclic) bond motifs is 4. The lowest BCUT2D eigenvalue weighted by atomic mass is 9.80. The van der Waals surface area contributed by atoms with Gasteiger partial charge >= 0.3 is 6.09 Å². The summed E-state index contributed by atoms with van der Waals surface area (Å²) in [5.41, 5.74) is 3.15. The molecule has 3 unspecified atom stereocenters. The Bertz CT molecular complexity index is 3310. The maximum Gasteiger partial charge on any atom is 0.416 e. The Kier molecular flexibility index (Phi) is 21.5. The van der Waals surface area contributed by atoms with Gasteiger partial charge in [-0.05, 0) is 74.8 Å². The van der Waals surface area contributed by atoms with Crippen molar-refractivity contribution in [1.29, 1.82) is 0 Å². The van der Waals surface area contributed by atoms with Crippen molar-refractivity contribution in [2.45, 2.75) is 137 Å². The number of aliphatic hydroxyl groups excluding tert-OH is 2. The summed E-state index contributed by atoms with van der Waals surface area (Å²) in [5.74, 6) is -3.07. The van der Waals surface area contributed by atoms with E-state index < -0.39 is 72.3 Å². The van der Waals surface area contributed by atoms with Crippen molar-refractivity contribution in [3.8, 4) is 23.0 Å². The van der Waals surface area contributed by atoms with Crippen LogP contribution in [0.15, 0.2) is 72.1 Å². The van der Waals surface area contributed by atoms with Crippen molar-refractivity contribution in [2.75, 3.05) is 75.9 Å². The van der Waals surface area contributed by atoms with Crippen LogP contribution in [0.25, 0.3) is 0 Å². The summed E-state index contributed by atoms with van der Waals surface area (Å²) < 4.78 is 35.0. The Morgan fingerprint density at radius 2 is 1.27 bits per heavy atom. The largest absolute Gasteiger partial charge is 0.493 e. The summed E-state index contributed by atoms with van der Waals surface area (Å²) in [6.07, 6.45) is 0.991. The highest BCUT2D eigenvalue weighted by Gasteiger charge is 2.47. The minimum absolute atomic E-state index is 0.00530. The van der Waals surface area contributed by atoms with E-state index in [1.165, 1.54) is 38.2 Å². The summed E-state index contributed by atoms with van der Waals surface area (Å²) in [7, 11) is 4.59. The molecule has 0 aliphatic carbocycles. The topological polar surface area (TPSA) is 314 Å². The van der Waals surface area contributed by atoms with E-state index in [-0.39, 0.29) is 130 Å². The van der Waals surface area contributed by atoms with Gasteiger partial charge in [0.15, 0.2) is 29.2 Å². The average Bonchev–Trinajstić information content (AvgIpc) is 1.62. The van der Waals surface area contributed by atoms with Crippen molar-refractivity contribution < 1.29 is 81.8 Å². The quantitative estimate of drug-likeness (QED) is 0.0483. The molecule has 5 aliphatic rings. The number of methoxy groups -OCH3 is 2. The highest BCUT2D eigenvalue weighted by Crippen LogP contribution is 2.44. The number of aliphatic hydroxyl groups is 2. The van der Waals surface area contributed by atoms with Gasteiger partial charge < -0.3 is 74.6 Å². The molecule has 6 N–H and O–H groups in total. The Hall–Kier alpha value is -8.75. The SMILES string of the molecule is COc1cc2c(cc1OCCCOc1cc3c(cc1OC)C(=O)N1C=C(C)C[C@H]1C(O)N3C(=O)OCc1ccc(NC(=O)[C@H](C)NC(=O)[C@@H](NC(=O)CCOCCNC(=O)CCN3C(=O)CC(C(C)(C)C)C3=O)C(C)C)cc1)N(C)C(O)[C@@H]1CC(C)=CN1C2=O. The third-order valence-electron chi connectivity index (χ3n) is 16.5. The molecular weight excluding hydrogens is 1170 g/mol. The summed E-state index contributed by atoms with van der Waals surface area (Å²) in [5, 5.41) is 34.0. The number of benzene rings is 3. The van der Waals surface area contributed by atoms with Crippen LogP contribution >= 0.6 is 0 Å². The fraction of sp³-hybridized carbons (Fsp3) is 0.516. The van der Waals surface area contributed by atoms with E-state index in [9.17, 15) is 53.4 Å². The number of imide groups is 1. The Morgan fingerprint density at radius 3 is 1.83 bits per heavy atom. The van der Waals surface area contributed by atoms with Gasteiger partial charge in [0.25, 0.3) is 11.8 Å². The molecule has 5 aliphatic heterocycles. The van der Waals surface area contributed by atoms with Crippen molar-refractivity contribution in [2.24, 2.45) is 17.3 Å². The fourth-order valence-electron chi connectivity index (χ4n) is 11.4. The molecule has 1 fully saturated rings. The lowest BCUT2D eigenvalue weighted by Gasteiger charge is -2.31. The number of rotatable bonds is 25. The van der Waals surface area contributed by atoms with Gasteiger partial charge in [0, 0.05) is 76.0 Å². The van der Waals surface area contributed by atoms with Gasteiger partial charge in [-0.25, -0.2) is 9.69 Å². The molecule has 0 spiro atoms. The number of carbonyl (C=O) groups excluding carboxylic acids is 9. The summed E-state index contributed by atoms with van der Waals surface area (Å²) in [4.78, 5) is 126. The third kappa shape index (κ3) is 15.3. The van der Waals surface area contributed by atoms with Crippen molar-refractivity contribution in [3.63, 3.8) is 0 Å². The van der Waals surface area contributed by atoms with Crippen LogP contribution in [0.5, 0.6) is 23.0 Å². The molecule has 0 aromatic heterocycles. The Labute approximate surface area is 523 Å². The Balaban J connectivity index is 0.809. The molecule has 3 aromatic rings. The maximum absolute atomic E-state index is 14.3. The minimum Gasteiger partial charge on any atom is -0.493 e. The summed E-state index contributed by atoms with van der Waals surface area (Å²) in [6, 6.07) is 9.20. The van der Waals surface area contributed by atoms with Crippen molar-refractivity contribution in [3.05, 3.63) is 88.8 Å². The monoisotopic (exact) mass is 1250 g/mol. The van der Waals surface area contributed by atoms with Crippen LogP contribution in [0, 0.1) is 17.3 Å². The number of hydrogen-bond acceptors (Lipinski definition) is 18. The maximum atomic E-state index is 14.3. The minimum atomic E-state index is -1.56. The van der Waals surface area contributed by atoms with Crippen LogP contribution in [0.1, 0.15) is 120 Å². The van der Waals surface area contributed by atoms with E-state index in [1.807, 2.05) is 34.6 Å². The molecule has 26 heteroatoms. The van der Waals surface area contributed by atoms with Crippen LogP contribution in [0.2, 0.25) is 0 Å². The van der Waals surface area contributed by atoms with Gasteiger partial charge in [-0.2, -0.15) is 0 Å². The van der Waals surface area contributed by atoms with Gasteiger partial charge in [-0.3, -0.25) is 43.3 Å². The van der Waals surface area contributed by atoms with E-state index in [0.29, 0.717) is 46.8 Å². The molecule has 7 atom stereocenters. The highest BCUT2D eigenvalue weighted by molar-refractivity contribution is 6.07. The molecular formula is C64H83N9O17. The molecule has 0 saturated carbocycles. The van der Waals surface area contributed by atoms with E-state index in [0.717, 1.165) is 20.9 Å². The molecule has 9 amide bonds. The van der Waals surface area contributed by atoms with Crippen LogP contribution < -0.4 is 50.0 Å². The third-order valence-corrected chi connectivity index (χ3v) is 16.5. The highest BCUT2D eigenvalue weighted by atomic mass is 16.6. The number of likely N-dealkylation sites (tertiary alicyclic amines) is 1. The van der Waals surface area contributed by atoms with Crippen molar-refractivity contribution in [1.82, 2.24) is 30.7 Å². The summed E-state index contributed by atoms with van der Waals surface area (Å²) in [6.45, 7) is 14.5. The zero-order valence-electron chi connectivity index (χ0n) is 52.8. The number of ether oxygens (including phenoxy) is 6. The standard InChI is InChI=1S/C64H83N9O17/c1-35(2)55(68-53(75)18-23-87-24-19-65-52(74)17-20-70-54(76)29-43(60(70)81)64(6,7)8)57(78)66-38(5)56(77)67-40-15-13-39(14-16-40)34-90-63(84)73-45-31-51(49(86-11)28-42(45)59(80)72-33-37(4)26-47(72)62(73)83)89-22-12-21-88-50-30-44-41(27-48(50)85-10)58(79)71-32-36(3)25-46(71)61(82)69(44)9/h13-16,27-28,30-33,35,38,43,46-47,55,61-62,82-83H,12,17-26,29,34H2,1-11H3,(H,65,74)(H,66,78)(H,67,77)(H,68,75)/t38-,43?,46-,47-,55-,61?,62?/m0/s1. The van der Waals surface area contributed by atoms with Gasteiger partial charge in [-0.1, -0.05) is 57.9 Å². The Morgan fingerprint density at radius 1 is 0.689 bits per heavy atom. The van der Waals surface area contributed by atoms with E-state index in [1.54, 1.807) is 79.5 Å². The first kappa shape index (κ1) is 67.2. The van der Waals surface area contributed by atoms with E-state index in [4.69, 9.17) is 28.4 Å². The smallest absolute Gasteiger partial charge is 0.416 e. The molecule has 0 bridgehead atoms. The normalized spacial score (nSPS) is 20.2. The number of nitrogens with one attached hydrogen (secondary N) is 4. The molecule has 3 aromatic carbocycles. The number of hydrogen-bond donors (Lipinski definition) is 6. The average molecular weight is 1250 g/mol. The lowest BCUT2D eigenvalue weighted by Crippen LogP contribution is -2.53. The van der Waals surface area contributed by atoms with Gasteiger partial charge in [0.1, 0.15) is 24.9 Å². The molecule has 26 nitrogen and oxygen atoms in total. The summed E-state index contributed by atoms with van der Waals surface area (Å²) >= 11 is 0. The fourth-order valence-corrected chi connectivity index (χ4v) is 11.4. The molecule has 0 radical (unpaired) electrons. The number of nitrogens with zero attached hydrogens (tertiary/aromatic N) is 5. The van der Waals surface area contributed by atoms with E-state index in [2.05, 4.69) is 21.3 Å². The molecule has 1 saturated heterocycles. The predicted octanol–water partition coefficient (Wildman–Crippen LogP) is 4.95. The van der Waals surface area contributed by atoms with Crippen LogP contribution in [0.4, 0.5) is 21.9 Å². The zero-order chi connectivity index (χ0) is 65.5. The van der Waals surface area contributed by atoms with E-state index >= 15 is 0 Å². The zero-order valence-corrected chi connectivity index (χ0v) is 52.8. The first-order chi connectivity index (χ1) is 42.7. The number of carbonyl (C=O) groups is 9. The van der Waals surface area contributed by atoms with Crippen LogP contribution in [-0.2, 0) is 44.8 Å². The van der Waals surface area contributed by atoms with Gasteiger partial charge in [-0.15, -0.1) is 0 Å². The van der Waals surface area contributed by atoms with Crippen molar-refractivity contribution >= 4 is 70.4 Å². The second-order valence-corrected chi connectivity index (χ2v) is 24.5. The first-order valence-electron chi connectivity index (χ1n) is 30.1. The lowest BCUT2D eigenvalue weighted by molar-refractivity contribution is -0.140. The second-order valence-electron chi connectivity index (χ2n) is 24.5. The molecule has 90 heavy (non-hydrogen) atoms. The number of amides is 9. The molecule has 5 heterocycles. The second kappa shape index (κ2) is 28.8. The molecule has 8 rings (SSSR count). The van der Waals surface area contributed by atoms with Gasteiger partial charge in [0.2, 0.25) is 35.4 Å². The number of anilines is 3. The van der Waals surface area contributed by atoms with Gasteiger partial charge in [0.05, 0.1) is 81.2 Å².